The van der Waals surface area contributed by atoms with Crippen molar-refractivity contribution in [3.8, 4) is 0 Å². The quantitative estimate of drug-likeness (QED) is 0.495. The molecule has 0 saturated heterocycles. The van der Waals surface area contributed by atoms with Crippen LogP contribution in [-0.4, -0.2) is 40.2 Å². The largest absolute Gasteiger partial charge is 0.396 e. The zero-order chi connectivity index (χ0) is 18.8. The van der Waals surface area contributed by atoms with Crippen molar-refractivity contribution in [1.82, 2.24) is 10.3 Å². The van der Waals surface area contributed by atoms with Gasteiger partial charge in [0.2, 0.25) is 0 Å². The van der Waals surface area contributed by atoms with Crippen LogP contribution < -0.4 is 5.32 Å². The highest BCUT2D eigenvalue weighted by Crippen LogP contribution is 2.36. The van der Waals surface area contributed by atoms with Crippen LogP contribution in [-0.2, 0) is 6.42 Å². The Morgan fingerprint density at radius 3 is 3.04 bits per heavy atom. The van der Waals surface area contributed by atoms with Gasteiger partial charge in [-0.05, 0) is 41.9 Å². The maximum absolute atomic E-state index is 12.8. The summed E-state index contributed by atoms with van der Waals surface area (Å²) in [5.41, 5.74) is 3.23. The predicted molar refractivity (Wildman–Crippen MR) is 114 cm³/mol. The number of nitrogens with one attached hydrogen (secondary N) is 2. The van der Waals surface area contributed by atoms with Crippen LogP contribution in [0.2, 0.25) is 4.34 Å². The van der Waals surface area contributed by atoms with Gasteiger partial charge < -0.3 is 15.4 Å². The first kappa shape index (κ1) is 18.9. The molecule has 142 valence electrons. The second-order valence-electron chi connectivity index (χ2n) is 6.76. The van der Waals surface area contributed by atoms with Gasteiger partial charge in [0, 0.05) is 29.7 Å². The summed E-state index contributed by atoms with van der Waals surface area (Å²) in [6, 6.07) is 12.3. The van der Waals surface area contributed by atoms with E-state index in [0.717, 1.165) is 38.9 Å². The Bertz CT molecular complexity index is 921. The van der Waals surface area contributed by atoms with Gasteiger partial charge in [0.1, 0.15) is 10.5 Å². The fourth-order valence-electron chi connectivity index (χ4n) is 3.67. The minimum absolute atomic E-state index is 0.0716. The molecule has 0 bridgehead atoms. The molecule has 0 aliphatic heterocycles. The number of rotatable bonds is 7. The first-order valence-corrected chi connectivity index (χ1v) is 11.4. The van der Waals surface area contributed by atoms with E-state index >= 15 is 0 Å². The van der Waals surface area contributed by atoms with Crippen LogP contribution in [0.5, 0.6) is 0 Å². The number of benzene rings is 1. The number of thioether (sulfide) groups is 1. The zero-order valence-electron chi connectivity index (χ0n) is 14.7. The van der Waals surface area contributed by atoms with Gasteiger partial charge in [0.15, 0.2) is 0 Å². The molecule has 1 amide bonds. The first-order chi connectivity index (χ1) is 13.2. The van der Waals surface area contributed by atoms with Crippen LogP contribution in [0.25, 0.3) is 10.2 Å². The number of hydrogen-bond acceptors (Lipinski definition) is 4. The average molecular weight is 421 g/mol. The molecular formula is C20H21ClN2O2S2. The van der Waals surface area contributed by atoms with Crippen LogP contribution in [0, 0.1) is 0 Å². The van der Waals surface area contributed by atoms with Crippen LogP contribution in [0.1, 0.15) is 34.0 Å². The molecule has 4 nitrogen and oxygen atoms in total. The van der Waals surface area contributed by atoms with Gasteiger partial charge >= 0.3 is 0 Å². The lowest BCUT2D eigenvalue weighted by Crippen LogP contribution is -2.38. The second-order valence-corrected chi connectivity index (χ2v) is 9.59. The van der Waals surface area contributed by atoms with E-state index in [1.807, 2.05) is 23.9 Å². The van der Waals surface area contributed by atoms with Crippen LogP contribution >= 0.6 is 34.7 Å². The van der Waals surface area contributed by atoms with Gasteiger partial charge in [-0.2, -0.15) is 11.8 Å². The van der Waals surface area contributed by atoms with E-state index < -0.39 is 0 Å². The van der Waals surface area contributed by atoms with Crippen LogP contribution in [0.15, 0.2) is 36.4 Å². The van der Waals surface area contributed by atoms with E-state index in [2.05, 4.69) is 34.6 Å². The fourth-order valence-corrected chi connectivity index (χ4v) is 5.97. The number of aromatic amines is 1. The molecule has 7 heteroatoms. The van der Waals surface area contributed by atoms with E-state index in [-0.39, 0.29) is 18.6 Å². The number of hydrogen-bond donors (Lipinski definition) is 3. The highest BCUT2D eigenvalue weighted by molar-refractivity contribution is 7.99. The van der Waals surface area contributed by atoms with Crippen molar-refractivity contribution < 1.29 is 9.90 Å². The smallest absolute Gasteiger partial charge is 0.268 e. The van der Waals surface area contributed by atoms with E-state index in [0.29, 0.717) is 11.6 Å². The zero-order valence-corrected chi connectivity index (χ0v) is 17.1. The van der Waals surface area contributed by atoms with Gasteiger partial charge in [-0.25, -0.2) is 0 Å². The molecule has 4 rings (SSSR count). The van der Waals surface area contributed by atoms with Crippen LogP contribution in [0.3, 0.4) is 0 Å². The highest BCUT2D eigenvalue weighted by Gasteiger charge is 2.33. The number of halogens is 1. The third kappa shape index (κ3) is 4.04. The number of fused-ring (bicyclic) bond motifs is 2. The minimum atomic E-state index is -0.0716. The topological polar surface area (TPSA) is 65.1 Å². The second kappa shape index (κ2) is 8.27. The molecule has 2 heterocycles. The monoisotopic (exact) mass is 420 g/mol. The number of thiophene rings is 1. The summed E-state index contributed by atoms with van der Waals surface area (Å²) >= 11 is 9.30. The fraction of sp³-hybridized carbons (Fsp3) is 0.350. The number of H-pyrrole nitrogens is 1. The third-order valence-electron chi connectivity index (χ3n) is 4.96. The lowest BCUT2D eigenvalue weighted by molar-refractivity contribution is 0.0930. The van der Waals surface area contributed by atoms with Crippen LogP contribution in [0.4, 0.5) is 0 Å². The Morgan fingerprint density at radius 1 is 1.37 bits per heavy atom. The molecule has 1 aliphatic carbocycles. The Hall–Kier alpha value is -1.47. The van der Waals surface area contributed by atoms with Gasteiger partial charge in [0.25, 0.3) is 5.91 Å². The molecule has 3 aromatic rings. The number of amides is 1. The molecule has 2 atom stereocenters. The van der Waals surface area contributed by atoms with Crippen molar-refractivity contribution in [1.29, 1.82) is 0 Å². The Morgan fingerprint density at radius 2 is 2.22 bits per heavy atom. The molecule has 0 unspecified atom stereocenters. The summed E-state index contributed by atoms with van der Waals surface area (Å²) in [6.07, 6.45) is 1.66. The molecule has 27 heavy (non-hydrogen) atoms. The van der Waals surface area contributed by atoms with Crippen molar-refractivity contribution in [2.45, 2.75) is 24.8 Å². The van der Waals surface area contributed by atoms with Crippen molar-refractivity contribution >= 4 is 50.8 Å². The van der Waals surface area contributed by atoms with E-state index in [4.69, 9.17) is 16.7 Å². The van der Waals surface area contributed by atoms with Gasteiger partial charge in [-0.15, -0.1) is 11.3 Å². The van der Waals surface area contributed by atoms with E-state index in [9.17, 15) is 4.79 Å². The number of carbonyl (C=O) groups is 1. The normalized spacial score (nSPS) is 18.7. The Balaban J connectivity index is 1.48. The summed E-state index contributed by atoms with van der Waals surface area (Å²) < 4.78 is 0.717. The summed E-state index contributed by atoms with van der Waals surface area (Å²) in [7, 11) is 0. The summed E-state index contributed by atoms with van der Waals surface area (Å²) in [5.74, 6) is 2.10. The maximum atomic E-state index is 12.8. The number of carbonyl (C=O) groups excluding carboxylic acids is 1. The standard InChI is InChI=1S/C20H21ClN2O2S2/c21-18-10-13-9-17(23-20(13)27-18)19(25)22-16-8-12-4-1-2-5-14(12)15(16)11-26-7-3-6-24/h1-2,4-5,9-10,15-16,23-24H,3,6-8,11H2,(H,22,25)/t15-,16-/m1/s1. The molecular weight excluding hydrogens is 400 g/mol. The molecule has 1 aromatic carbocycles. The average Bonchev–Trinajstić information content (AvgIpc) is 3.29. The predicted octanol–water partition coefficient (Wildman–Crippen LogP) is 4.44. The molecule has 2 aromatic heterocycles. The molecule has 0 spiro atoms. The molecule has 0 saturated carbocycles. The van der Waals surface area contributed by atoms with Crippen molar-refractivity contribution in [2.24, 2.45) is 0 Å². The van der Waals surface area contributed by atoms with Crippen molar-refractivity contribution in [3.05, 3.63) is 57.6 Å². The lowest BCUT2D eigenvalue weighted by Gasteiger charge is -2.21. The molecule has 0 radical (unpaired) electrons. The minimum Gasteiger partial charge on any atom is -0.396 e. The molecule has 0 fully saturated rings. The van der Waals surface area contributed by atoms with Gasteiger partial charge in [0.05, 0.1) is 4.34 Å². The van der Waals surface area contributed by atoms with E-state index in [1.54, 1.807) is 0 Å². The highest BCUT2D eigenvalue weighted by atomic mass is 35.5. The number of aliphatic hydroxyl groups is 1. The number of aromatic nitrogens is 1. The van der Waals surface area contributed by atoms with Crippen molar-refractivity contribution in [3.63, 3.8) is 0 Å². The molecule has 1 aliphatic rings. The maximum Gasteiger partial charge on any atom is 0.268 e. The van der Waals surface area contributed by atoms with Crippen molar-refractivity contribution in [2.75, 3.05) is 18.1 Å². The number of aliphatic hydroxyl groups excluding tert-OH is 1. The molecule has 3 N–H and O–H groups in total. The first-order valence-electron chi connectivity index (χ1n) is 9.01. The Kier molecular flexibility index (Phi) is 5.78. The summed E-state index contributed by atoms with van der Waals surface area (Å²) in [5, 5.41) is 13.2. The Labute approximate surface area is 171 Å². The third-order valence-corrected chi connectivity index (χ3v) is 7.33. The summed E-state index contributed by atoms with van der Waals surface area (Å²) in [6.45, 7) is 0.225. The summed E-state index contributed by atoms with van der Waals surface area (Å²) in [4.78, 5) is 16.9. The van der Waals surface area contributed by atoms with E-state index in [1.165, 1.54) is 22.5 Å². The van der Waals surface area contributed by atoms with Gasteiger partial charge in [-0.3, -0.25) is 4.79 Å². The SMILES string of the molecule is O=C(N[C@@H]1Cc2ccccc2[C@H]1CSCCCO)c1cc2cc(Cl)sc2[nH]1. The van der Waals surface area contributed by atoms with Gasteiger partial charge in [-0.1, -0.05) is 35.9 Å². The lowest BCUT2D eigenvalue weighted by atomic mass is 10.0.